The van der Waals surface area contributed by atoms with Crippen LogP contribution in [0.1, 0.15) is 5.82 Å². The van der Waals surface area contributed by atoms with E-state index >= 15 is 0 Å². The maximum atomic E-state index is 12.8. The number of nitrogens with one attached hydrogen (secondary N) is 2. The first-order valence-electron chi connectivity index (χ1n) is 4.57. The molecule has 17 heavy (non-hydrogen) atoms. The van der Waals surface area contributed by atoms with Gasteiger partial charge in [0, 0.05) is 0 Å². The maximum absolute atomic E-state index is 12.8. The Bertz CT molecular complexity index is 529. The Morgan fingerprint density at radius 1 is 1.53 bits per heavy atom. The second-order valence-corrected chi connectivity index (χ2v) is 3.10. The van der Waals surface area contributed by atoms with Gasteiger partial charge in [-0.15, -0.1) is 10.2 Å². The Balaban J connectivity index is 2.17. The average molecular weight is 238 g/mol. The van der Waals surface area contributed by atoms with E-state index in [1.54, 1.807) is 0 Å². The second-order valence-electron chi connectivity index (χ2n) is 3.10. The van der Waals surface area contributed by atoms with E-state index in [0.717, 1.165) is 12.1 Å². The van der Waals surface area contributed by atoms with Gasteiger partial charge in [0.1, 0.15) is 11.5 Å². The Kier molecular flexibility index (Phi) is 2.90. The molecule has 0 aliphatic carbocycles. The number of benzene rings is 1. The van der Waals surface area contributed by atoms with Gasteiger partial charge < -0.3 is 5.32 Å². The summed E-state index contributed by atoms with van der Waals surface area (Å²) in [5.41, 5.74) is -0.144. The largest absolute Gasteiger partial charge is 0.372 e. The van der Waals surface area contributed by atoms with E-state index in [4.69, 9.17) is 0 Å². The number of nitrogens with zero attached hydrogens (tertiary/aromatic N) is 4. The van der Waals surface area contributed by atoms with E-state index in [9.17, 15) is 14.5 Å². The van der Waals surface area contributed by atoms with E-state index in [1.165, 1.54) is 6.07 Å². The number of rotatable bonds is 4. The van der Waals surface area contributed by atoms with Crippen molar-refractivity contribution in [1.82, 2.24) is 20.6 Å². The Hall–Kier alpha value is -2.58. The lowest BCUT2D eigenvalue weighted by atomic mass is 10.2. The number of hydrogen-bond donors (Lipinski definition) is 2. The maximum Gasteiger partial charge on any atom is 0.295 e. The molecule has 8 nitrogen and oxygen atoms in total. The number of H-pyrrole nitrogens is 1. The predicted octanol–water partition coefficient (Wildman–Crippen LogP) is 0.859. The van der Waals surface area contributed by atoms with Crippen molar-refractivity contribution in [2.45, 2.75) is 6.54 Å². The van der Waals surface area contributed by atoms with Crippen LogP contribution in [0.4, 0.5) is 15.8 Å². The first kappa shape index (κ1) is 10.9. The summed E-state index contributed by atoms with van der Waals surface area (Å²) in [5.74, 6) is -0.314. The Labute approximate surface area is 94.0 Å². The van der Waals surface area contributed by atoms with Crippen molar-refractivity contribution in [1.29, 1.82) is 0 Å². The Morgan fingerprint density at radius 2 is 2.35 bits per heavy atom. The number of tetrazole rings is 1. The zero-order valence-corrected chi connectivity index (χ0v) is 8.42. The summed E-state index contributed by atoms with van der Waals surface area (Å²) in [6, 6.07) is 3.26. The molecule has 0 unspecified atom stereocenters. The van der Waals surface area contributed by atoms with Gasteiger partial charge >= 0.3 is 0 Å². The molecule has 88 valence electrons. The minimum Gasteiger partial charge on any atom is -0.372 e. The lowest BCUT2D eigenvalue weighted by molar-refractivity contribution is -0.384. The van der Waals surface area contributed by atoms with Crippen molar-refractivity contribution in [3.8, 4) is 0 Å². The summed E-state index contributed by atoms with van der Waals surface area (Å²) in [6.07, 6.45) is 0. The van der Waals surface area contributed by atoms with Crippen molar-refractivity contribution in [2.24, 2.45) is 0 Å². The van der Waals surface area contributed by atoms with Crippen LogP contribution in [0.15, 0.2) is 18.2 Å². The highest BCUT2D eigenvalue weighted by Crippen LogP contribution is 2.25. The van der Waals surface area contributed by atoms with Crippen LogP contribution in [0.25, 0.3) is 0 Å². The molecule has 0 fully saturated rings. The fourth-order valence-corrected chi connectivity index (χ4v) is 1.24. The number of aromatic nitrogens is 4. The van der Waals surface area contributed by atoms with Crippen molar-refractivity contribution >= 4 is 11.4 Å². The molecule has 2 aromatic rings. The number of anilines is 1. The van der Waals surface area contributed by atoms with E-state index in [-0.39, 0.29) is 17.9 Å². The number of nitro benzene ring substituents is 1. The highest BCUT2D eigenvalue weighted by Gasteiger charge is 2.14. The molecule has 0 amide bonds. The lowest BCUT2D eigenvalue weighted by Crippen LogP contribution is -2.04. The quantitative estimate of drug-likeness (QED) is 0.603. The van der Waals surface area contributed by atoms with Crippen LogP contribution in [-0.2, 0) is 6.54 Å². The fourth-order valence-electron chi connectivity index (χ4n) is 1.24. The van der Waals surface area contributed by atoms with Gasteiger partial charge in [0.05, 0.1) is 17.5 Å². The third-order valence-corrected chi connectivity index (χ3v) is 1.98. The lowest BCUT2D eigenvalue weighted by Gasteiger charge is -2.04. The zero-order chi connectivity index (χ0) is 12.3. The van der Waals surface area contributed by atoms with Crippen molar-refractivity contribution in [3.05, 3.63) is 40.0 Å². The van der Waals surface area contributed by atoms with Gasteiger partial charge in [-0.2, -0.15) is 5.21 Å². The molecule has 0 saturated carbocycles. The summed E-state index contributed by atoms with van der Waals surface area (Å²) in [4.78, 5) is 10.0. The summed E-state index contributed by atoms with van der Waals surface area (Å²) >= 11 is 0. The van der Waals surface area contributed by atoms with Crippen LogP contribution >= 0.6 is 0 Å². The van der Waals surface area contributed by atoms with Crippen LogP contribution in [0, 0.1) is 15.9 Å². The highest BCUT2D eigenvalue weighted by atomic mass is 19.1. The highest BCUT2D eigenvalue weighted by molar-refractivity contribution is 5.61. The molecule has 0 saturated heterocycles. The first-order valence-corrected chi connectivity index (χ1v) is 4.57. The van der Waals surface area contributed by atoms with Gasteiger partial charge in [0.25, 0.3) is 5.69 Å². The van der Waals surface area contributed by atoms with Crippen LogP contribution < -0.4 is 5.32 Å². The molecule has 0 spiro atoms. The van der Waals surface area contributed by atoms with Gasteiger partial charge in [0.15, 0.2) is 5.82 Å². The van der Waals surface area contributed by atoms with Crippen LogP contribution in [0.3, 0.4) is 0 Å². The summed E-state index contributed by atoms with van der Waals surface area (Å²) in [7, 11) is 0. The van der Waals surface area contributed by atoms with E-state index in [1.807, 2.05) is 0 Å². The predicted molar refractivity (Wildman–Crippen MR) is 54.6 cm³/mol. The third-order valence-electron chi connectivity index (χ3n) is 1.98. The van der Waals surface area contributed by atoms with Gasteiger partial charge in [0.2, 0.25) is 0 Å². The molecule has 0 aliphatic heterocycles. The Morgan fingerprint density at radius 3 is 3.00 bits per heavy atom. The van der Waals surface area contributed by atoms with Crippen molar-refractivity contribution in [2.75, 3.05) is 5.32 Å². The molecule has 2 N–H and O–H groups in total. The zero-order valence-electron chi connectivity index (χ0n) is 8.42. The van der Waals surface area contributed by atoms with E-state index in [0.29, 0.717) is 5.82 Å². The topological polar surface area (TPSA) is 110 Å². The molecular formula is C8H7FN6O2. The molecule has 0 aliphatic rings. The van der Waals surface area contributed by atoms with Gasteiger partial charge in [-0.1, -0.05) is 5.21 Å². The molecule has 9 heteroatoms. The number of halogens is 1. The fraction of sp³-hybridized carbons (Fsp3) is 0.125. The van der Waals surface area contributed by atoms with Crippen LogP contribution in [-0.4, -0.2) is 25.5 Å². The molecule has 0 atom stereocenters. The number of hydrogen-bond acceptors (Lipinski definition) is 6. The third kappa shape index (κ3) is 2.51. The summed E-state index contributed by atoms with van der Waals surface area (Å²) < 4.78 is 12.8. The minimum atomic E-state index is -0.665. The van der Waals surface area contributed by atoms with E-state index < -0.39 is 10.7 Å². The SMILES string of the molecule is O=[N+]([O-])c1cc(F)ccc1NCc1nn[nH]n1. The molecular weight excluding hydrogens is 231 g/mol. The van der Waals surface area contributed by atoms with Crippen molar-refractivity contribution in [3.63, 3.8) is 0 Å². The van der Waals surface area contributed by atoms with Gasteiger partial charge in [-0.05, 0) is 12.1 Å². The average Bonchev–Trinajstić information content (AvgIpc) is 2.80. The molecule has 1 heterocycles. The second kappa shape index (κ2) is 4.51. The molecule has 0 bridgehead atoms. The number of nitro groups is 1. The smallest absolute Gasteiger partial charge is 0.295 e. The molecule has 2 rings (SSSR count). The van der Waals surface area contributed by atoms with Crippen molar-refractivity contribution < 1.29 is 9.31 Å². The first-order chi connectivity index (χ1) is 8.16. The molecule has 1 aromatic heterocycles. The molecule has 0 radical (unpaired) electrons. The van der Waals surface area contributed by atoms with E-state index in [2.05, 4.69) is 25.9 Å². The monoisotopic (exact) mass is 238 g/mol. The number of aromatic amines is 1. The molecule has 1 aromatic carbocycles. The van der Waals surface area contributed by atoms with Crippen LogP contribution in [0.2, 0.25) is 0 Å². The van der Waals surface area contributed by atoms with Crippen LogP contribution in [0.5, 0.6) is 0 Å². The van der Waals surface area contributed by atoms with Gasteiger partial charge in [-0.3, -0.25) is 10.1 Å². The standard InChI is InChI=1S/C8H7FN6O2/c9-5-1-2-6(7(3-5)15(16)17)10-4-8-11-13-14-12-8/h1-3,10H,4H2,(H,11,12,13,14). The normalized spacial score (nSPS) is 10.2. The minimum absolute atomic E-state index is 0.156. The summed E-state index contributed by atoms with van der Waals surface area (Å²) in [5, 5.41) is 26.3. The summed E-state index contributed by atoms with van der Waals surface area (Å²) in [6.45, 7) is 0.156. The van der Waals surface area contributed by atoms with Gasteiger partial charge in [-0.25, -0.2) is 4.39 Å².